The second kappa shape index (κ2) is 8.96. The first-order valence-corrected chi connectivity index (χ1v) is 9.59. The van der Waals surface area contributed by atoms with Gasteiger partial charge < -0.3 is 15.4 Å². The van der Waals surface area contributed by atoms with Crippen molar-refractivity contribution < 1.29 is 9.53 Å². The monoisotopic (exact) mass is 441 g/mol. The summed E-state index contributed by atoms with van der Waals surface area (Å²) in [6, 6.07) is 7.91. The van der Waals surface area contributed by atoms with Crippen molar-refractivity contribution in [3.05, 3.63) is 50.7 Å². The number of carbonyl (C=O) groups excluding carboxylic acids is 1. The van der Waals surface area contributed by atoms with E-state index in [0.717, 1.165) is 37.6 Å². The van der Waals surface area contributed by atoms with Crippen molar-refractivity contribution in [2.45, 2.75) is 6.92 Å². The smallest absolute Gasteiger partial charge is 0.291 e. The molecule has 0 unspecified atom stereocenters. The topological polar surface area (TPSA) is 92.8 Å². The molecule has 148 valence electrons. The van der Waals surface area contributed by atoms with Gasteiger partial charge in [0.05, 0.1) is 29.6 Å². The molecule has 1 amide bonds. The Morgan fingerprint density at radius 2 is 1.82 bits per heavy atom. The second-order valence-electron chi connectivity index (χ2n) is 6.08. The number of anilines is 2. The molecular weight excluding hydrogens is 425 g/mol. The molecule has 7 nitrogen and oxygen atoms in total. The number of aromatic nitrogens is 1. The molecule has 3 N–H and O–H groups in total. The van der Waals surface area contributed by atoms with Crippen LogP contribution < -0.4 is 16.1 Å². The molecule has 0 aliphatic carbocycles. The van der Waals surface area contributed by atoms with Gasteiger partial charge in [-0.1, -0.05) is 46.9 Å². The van der Waals surface area contributed by atoms with Gasteiger partial charge in [0.2, 0.25) is 0 Å². The molecule has 2 aromatic rings. The van der Waals surface area contributed by atoms with Gasteiger partial charge in [-0.2, -0.15) is 5.10 Å². The quantitative estimate of drug-likeness (QED) is 0.429. The summed E-state index contributed by atoms with van der Waals surface area (Å²) < 4.78 is 5.36. The van der Waals surface area contributed by atoms with E-state index >= 15 is 0 Å². The predicted octanol–water partition coefficient (Wildman–Crippen LogP) is 3.61. The van der Waals surface area contributed by atoms with Crippen LogP contribution in [0.3, 0.4) is 0 Å². The number of hydrogen-bond donors (Lipinski definition) is 2. The maximum Gasteiger partial charge on any atom is 0.291 e. The third kappa shape index (κ3) is 4.50. The molecule has 0 spiro atoms. The van der Waals surface area contributed by atoms with Crippen LogP contribution in [0, 0.1) is 0 Å². The van der Waals surface area contributed by atoms with Crippen LogP contribution in [-0.2, 0) is 4.74 Å². The van der Waals surface area contributed by atoms with E-state index < -0.39 is 5.91 Å². The van der Waals surface area contributed by atoms with Crippen molar-refractivity contribution in [1.29, 1.82) is 0 Å². The number of ether oxygens (including phenoxy) is 1. The summed E-state index contributed by atoms with van der Waals surface area (Å²) in [5, 5.41) is 3.93. The maximum atomic E-state index is 12.3. The van der Waals surface area contributed by atoms with E-state index in [1.807, 2.05) is 24.3 Å². The van der Waals surface area contributed by atoms with Crippen molar-refractivity contribution in [2.24, 2.45) is 5.10 Å². The lowest BCUT2D eigenvalue weighted by molar-refractivity contribution is 0.0950. The first kappa shape index (κ1) is 20.7. The first-order chi connectivity index (χ1) is 13.4. The van der Waals surface area contributed by atoms with Crippen LogP contribution in [0.15, 0.2) is 29.4 Å². The van der Waals surface area contributed by atoms with Crippen LogP contribution >= 0.6 is 34.8 Å². The van der Waals surface area contributed by atoms with Crippen molar-refractivity contribution in [1.82, 2.24) is 10.4 Å². The van der Waals surface area contributed by atoms with Crippen LogP contribution in [-0.4, -0.2) is 42.9 Å². The van der Waals surface area contributed by atoms with Crippen LogP contribution in [0.25, 0.3) is 0 Å². The highest BCUT2D eigenvalue weighted by Crippen LogP contribution is 2.34. The minimum absolute atomic E-state index is 0.00302. The Morgan fingerprint density at radius 1 is 1.18 bits per heavy atom. The van der Waals surface area contributed by atoms with Gasteiger partial charge in [-0.25, -0.2) is 10.4 Å². The van der Waals surface area contributed by atoms with Gasteiger partial charge in [-0.3, -0.25) is 4.79 Å². The highest BCUT2D eigenvalue weighted by Gasteiger charge is 2.19. The van der Waals surface area contributed by atoms with E-state index in [-0.39, 0.29) is 26.6 Å². The lowest BCUT2D eigenvalue weighted by Gasteiger charge is -2.28. The van der Waals surface area contributed by atoms with E-state index in [2.05, 4.69) is 20.4 Å². The predicted molar refractivity (Wildman–Crippen MR) is 113 cm³/mol. The number of hydrazone groups is 1. The molecule has 0 bridgehead atoms. The van der Waals surface area contributed by atoms with Crippen molar-refractivity contribution in [2.75, 3.05) is 36.9 Å². The molecule has 0 radical (unpaired) electrons. The summed E-state index contributed by atoms with van der Waals surface area (Å²) in [4.78, 5) is 18.5. The Morgan fingerprint density at radius 3 is 2.46 bits per heavy atom. The lowest BCUT2D eigenvalue weighted by atomic mass is 10.1. The number of benzene rings is 1. The minimum atomic E-state index is -0.639. The summed E-state index contributed by atoms with van der Waals surface area (Å²) in [7, 11) is 0. The van der Waals surface area contributed by atoms with Gasteiger partial charge in [0.1, 0.15) is 5.02 Å². The molecule has 1 aromatic carbocycles. The molecule has 1 fully saturated rings. The summed E-state index contributed by atoms with van der Waals surface area (Å²) >= 11 is 17.8. The molecular formula is C18H18Cl3N5O2. The van der Waals surface area contributed by atoms with Crippen LogP contribution in [0.2, 0.25) is 15.2 Å². The Labute approximate surface area is 177 Å². The third-order valence-corrected chi connectivity index (χ3v) is 5.41. The number of carbonyl (C=O) groups is 1. The molecule has 1 saturated heterocycles. The zero-order chi connectivity index (χ0) is 20.3. The van der Waals surface area contributed by atoms with E-state index in [0.29, 0.717) is 5.71 Å². The highest BCUT2D eigenvalue weighted by atomic mass is 35.5. The number of nitrogen functional groups attached to an aromatic ring is 1. The lowest BCUT2D eigenvalue weighted by Crippen LogP contribution is -2.36. The number of nitrogens with zero attached hydrogens (tertiary/aromatic N) is 3. The molecule has 1 aliphatic rings. The summed E-state index contributed by atoms with van der Waals surface area (Å²) in [5.41, 5.74) is 10.6. The molecule has 3 rings (SSSR count). The summed E-state index contributed by atoms with van der Waals surface area (Å²) in [6.45, 7) is 4.96. The molecule has 28 heavy (non-hydrogen) atoms. The zero-order valence-corrected chi connectivity index (χ0v) is 17.3. The highest BCUT2D eigenvalue weighted by molar-refractivity contribution is 6.46. The second-order valence-corrected chi connectivity index (χ2v) is 7.19. The number of hydrogen-bond acceptors (Lipinski definition) is 6. The van der Waals surface area contributed by atoms with E-state index in [1.54, 1.807) is 6.92 Å². The molecule has 0 saturated carbocycles. The SMILES string of the molecule is C/C(=N/NC(=O)c1nc(Cl)c(Cl)c(N)c1Cl)c1ccc(N2CCOCC2)cc1. The summed E-state index contributed by atoms with van der Waals surface area (Å²) in [5.74, 6) is -0.639. The fraction of sp³-hybridized carbons (Fsp3) is 0.278. The normalized spacial score (nSPS) is 14.9. The van der Waals surface area contributed by atoms with Crippen molar-refractivity contribution in [3.63, 3.8) is 0 Å². The number of halogens is 3. The number of nitrogens with one attached hydrogen (secondary N) is 1. The Kier molecular flexibility index (Phi) is 6.61. The Bertz CT molecular complexity index is 912. The zero-order valence-electron chi connectivity index (χ0n) is 15.0. The molecule has 1 aliphatic heterocycles. The van der Waals surface area contributed by atoms with Gasteiger partial charge in [0.15, 0.2) is 10.8 Å². The van der Waals surface area contributed by atoms with Gasteiger partial charge in [0, 0.05) is 18.8 Å². The number of morpholine rings is 1. The third-order valence-electron chi connectivity index (χ3n) is 4.27. The number of pyridine rings is 1. The molecule has 2 heterocycles. The Hall–Kier alpha value is -2.06. The van der Waals surface area contributed by atoms with Gasteiger partial charge in [0.25, 0.3) is 5.91 Å². The largest absolute Gasteiger partial charge is 0.396 e. The van der Waals surface area contributed by atoms with Crippen LogP contribution in [0.4, 0.5) is 11.4 Å². The minimum Gasteiger partial charge on any atom is -0.396 e. The maximum absolute atomic E-state index is 12.3. The van der Waals surface area contributed by atoms with Crippen LogP contribution in [0.1, 0.15) is 23.0 Å². The van der Waals surface area contributed by atoms with Gasteiger partial charge in [-0.05, 0) is 24.6 Å². The van der Waals surface area contributed by atoms with E-state index in [4.69, 9.17) is 45.3 Å². The van der Waals surface area contributed by atoms with Crippen LogP contribution in [0.5, 0.6) is 0 Å². The van der Waals surface area contributed by atoms with Crippen molar-refractivity contribution >= 4 is 57.8 Å². The first-order valence-electron chi connectivity index (χ1n) is 8.46. The number of nitrogens with two attached hydrogens (primary N) is 1. The molecule has 0 atom stereocenters. The Balaban J connectivity index is 1.71. The average molecular weight is 443 g/mol. The van der Waals surface area contributed by atoms with Gasteiger partial charge in [-0.15, -0.1) is 0 Å². The number of amides is 1. The number of rotatable bonds is 4. The average Bonchev–Trinajstić information content (AvgIpc) is 2.73. The fourth-order valence-electron chi connectivity index (χ4n) is 2.67. The summed E-state index contributed by atoms with van der Waals surface area (Å²) in [6.07, 6.45) is 0. The molecule has 10 heteroatoms. The van der Waals surface area contributed by atoms with E-state index in [9.17, 15) is 4.79 Å². The fourth-order valence-corrected chi connectivity index (χ4v) is 3.26. The van der Waals surface area contributed by atoms with Crippen molar-refractivity contribution in [3.8, 4) is 0 Å². The van der Waals surface area contributed by atoms with Gasteiger partial charge >= 0.3 is 0 Å². The van der Waals surface area contributed by atoms with E-state index in [1.165, 1.54) is 0 Å². The molecule has 1 aromatic heterocycles. The standard InChI is InChI=1S/C18H18Cl3N5O2/c1-10(11-2-4-12(5-3-11)26-6-8-28-9-7-26)24-25-18(27)16-13(19)15(22)14(20)17(21)23-16/h2-5H,6-9H2,1H3,(H2,22,23)(H,25,27)/b24-10-.